The largest absolute Gasteiger partial charge is 0.459 e. The second-order valence-corrected chi connectivity index (χ2v) is 6.34. The van der Waals surface area contributed by atoms with Crippen LogP contribution in [0.2, 0.25) is 0 Å². The fraction of sp³-hybridized carbons (Fsp3) is 0.294. The third-order valence-corrected chi connectivity index (χ3v) is 4.72. The van der Waals surface area contributed by atoms with E-state index in [0.29, 0.717) is 0 Å². The zero-order valence-electron chi connectivity index (χ0n) is 12.9. The molecule has 4 nitrogen and oxygen atoms in total. The van der Waals surface area contributed by atoms with Gasteiger partial charge in [-0.3, -0.25) is 4.79 Å². The van der Waals surface area contributed by atoms with Gasteiger partial charge in [0, 0.05) is 6.54 Å². The number of carbonyl (C=O) groups is 1. The van der Waals surface area contributed by atoms with Crippen molar-refractivity contribution in [1.82, 2.24) is 4.57 Å². The molecule has 0 radical (unpaired) electrons. The highest BCUT2D eigenvalue weighted by atomic mass is 32.1. The molecule has 1 aromatic carbocycles. The number of furan rings is 1. The lowest BCUT2D eigenvalue weighted by atomic mass is 10.1. The van der Waals surface area contributed by atoms with E-state index in [0.717, 1.165) is 23.3 Å². The maximum Gasteiger partial charge on any atom is 0.315 e. The van der Waals surface area contributed by atoms with E-state index in [4.69, 9.17) is 4.42 Å². The molecule has 0 fully saturated rings. The van der Waals surface area contributed by atoms with Gasteiger partial charge in [-0.2, -0.15) is 4.99 Å². The Hall–Kier alpha value is -2.14. The number of carbonyl (C=O) groups excluding carboxylic acids is 1. The fourth-order valence-electron chi connectivity index (χ4n) is 2.58. The Labute approximate surface area is 132 Å². The lowest BCUT2D eigenvalue weighted by molar-refractivity contribution is 0.0971. The monoisotopic (exact) mass is 314 g/mol. The van der Waals surface area contributed by atoms with Crippen molar-refractivity contribution in [1.29, 1.82) is 0 Å². The van der Waals surface area contributed by atoms with Crippen LogP contribution in [0.4, 0.5) is 0 Å². The number of thiazole rings is 1. The van der Waals surface area contributed by atoms with E-state index in [-0.39, 0.29) is 11.7 Å². The molecule has 0 bridgehead atoms. The third-order valence-electron chi connectivity index (χ3n) is 3.49. The molecule has 22 heavy (non-hydrogen) atoms. The maximum atomic E-state index is 12.2. The van der Waals surface area contributed by atoms with Gasteiger partial charge < -0.3 is 8.98 Å². The van der Waals surface area contributed by atoms with Crippen molar-refractivity contribution in [2.45, 2.75) is 33.7 Å². The molecular formula is C17H18N2O2S. The van der Waals surface area contributed by atoms with Gasteiger partial charge in [0.15, 0.2) is 10.6 Å². The second-order valence-electron chi connectivity index (χ2n) is 5.36. The predicted molar refractivity (Wildman–Crippen MR) is 88.2 cm³/mol. The summed E-state index contributed by atoms with van der Waals surface area (Å²) in [6, 6.07) is 7.65. The lowest BCUT2D eigenvalue weighted by Gasteiger charge is -2.04. The van der Waals surface area contributed by atoms with Crippen LogP contribution in [-0.4, -0.2) is 10.5 Å². The first kappa shape index (κ1) is 14.8. The summed E-state index contributed by atoms with van der Waals surface area (Å²) in [5.74, 6) is -0.0656. The zero-order chi connectivity index (χ0) is 15.7. The van der Waals surface area contributed by atoms with Crippen LogP contribution in [0.15, 0.2) is 39.9 Å². The van der Waals surface area contributed by atoms with Crippen LogP contribution in [0.3, 0.4) is 0 Å². The summed E-state index contributed by atoms with van der Waals surface area (Å²) in [6.07, 6.45) is 2.47. The highest BCUT2D eigenvalue weighted by Crippen LogP contribution is 2.23. The van der Waals surface area contributed by atoms with E-state index in [9.17, 15) is 4.79 Å². The Balaban J connectivity index is 2.22. The number of benzene rings is 1. The van der Waals surface area contributed by atoms with Gasteiger partial charge in [-0.25, -0.2) is 0 Å². The van der Waals surface area contributed by atoms with Gasteiger partial charge >= 0.3 is 5.91 Å². The molecule has 0 N–H and O–H groups in total. The van der Waals surface area contributed by atoms with Gasteiger partial charge in [-0.1, -0.05) is 24.3 Å². The smallest absolute Gasteiger partial charge is 0.315 e. The number of fused-ring (bicyclic) bond motifs is 1. The number of hydrogen-bond acceptors (Lipinski definition) is 3. The van der Waals surface area contributed by atoms with Crippen LogP contribution in [0.1, 0.15) is 35.0 Å². The van der Waals surface area contributed by atoms with Gasteiger partial charge in [0.25, 0.3) is 0 Å². The van der Waals surface area contributed by atoms with E-state index < -0.39 is 0 Å². The molecule has 0 spiro atoms. The van der Waals surface area contributed by atoms with E-state index in [1.807, 2.05) is 0 Å². The Kier molecular flexibility index (Phi) is 3.98. The molecule has 5 heteroatoms. The standard InChI is InChI=1S/C17H18N2O2S/c1-4-7-19-13-10-11(2)9-12(3)15(13)22-17(19)18-16(20)14-6-5-8-21-14/h5-6,8-10H,4,7H2,1-3H3. The zero-order valence-corrected chi connectivity index (χ0v) is 13.7. The summed E-state index contributed by atoms with van der Waals surface area (Å²) in [5.41, 5.74) is 3.59. The van der Waals surface area contributed by atoms with Crippen LogP contribution in [0, 0.1) is 13.8 Å². The van der Waals surface area contributed by atoms with Gasteiger partial charge in [0.05, 0.1) is 16.5 Å². The minimum Gasteiger partial charge on any atom is -0.459 e. The Morgan fingerprint density at radius 2 is 2.18 bits per heavy atom. The summed E-state index contributed by atoms with van der Waals surface area (Å²) in [7, 11) is 0. The van der Waals surface area contributed by atoms with Gasteiger partial charge in [-0.15, -0.1) is 0 Å². The van der Waals surface area contributed by atoms with Crippen molar-refractivity contribution in [3.05, 3.63) is 52.2 Å². The normalized spacial score (nSPS) is 12.2. The van der Waals surface area contributed by atoms with Crippen molar-refractivity contribution >= 4 is 27.5 Å². The highest BCUT2D eigenvalue weighted by Gasteiger charge is 2.12. The fourth-order valence-corrected chi connectivity index (χ4v) is 3.68. The third kappa shape index (κ3) is 2.64. The van der Waals surface area contributed by atoms with Crippen LogP contribution >= 0.6 is 11.3 Å². The van der Waals surface area contributed by atoms with Crippen molar-refractivity contribution < 1.29 is 9.21 Å². The molecule has 3 aromatic rings. The molecule has 0 aliphatic rings. The topological polar surface area (TPSA) is 47.5 Å². The van der Waals surface area contributed by atoms with Crippen LogP contribution in [0.25, 0.3) is 10.2 Å². The van der Waals surface area contributed by atoms with E-state index in [1.54, 1.807) is 23.5 Å². The lowest BCUT2D eigenvalue weighted by Crippen LogP contribution is -2.16. The minimum absolute atomic E-state index is 0.272. The summed E-state index contributed by atoms with van der Waals surface area (Å²) < 4.78 is 8.45. The van der Waals surface area contributed by atoms with E-state index in [1.165, 1.54) is 22.1 Å². The second kappa shape index (κ2) is 5.93. The SMILES string of the molecule is CCCn1c(=NC(=O)c2ccco2)sc2c(C)cc(C)cc21. The molecule has 0 saturated heterocycles. The molecule has 2 aromatic heterocycles. The van der Waals surface area contributed by atoms with Crippen LogP contribution < -0.4 is 4.80 Å². The van der Waals surface area contributed by atoms with E-state index >= 15 is 0 Å². The highest BCUT2D eigenvalue weighted by molar-refractivity contribution is 7.16. The molecular weight excluding hydrogens is 296 g/mol. The Morgan fingerprint density at radius 1 is 1.36 bits per heavy atom. The minimum atomic E-state index is -0.337. The molecule has 3 rings (SSSR count). The molecule has 0 unspecified atom stereocenters. The van der Waals surface area contributed by atoms with Crippen LogP contribution in [0.5, 0.6) is 0 Å². The molecule has 0 saturated carbocycles. The molecule has 0 atom stereocenters. The summed E-state index contributed by atoms with van der Waals surface area (Å²) >= 11 is 1.56. The van der Waals surface area contributed by atoms with E-state index in [2.05, 4.69) is 42.5 Å². The number of hydrogen-bond donors (Lipinski definition) is 0. The first-order chi connectivity index (χ1) is 10.6. The van der Waals surface area contributed by atoms with Crippen molar-refractivity contribution in [2.24, 2.45) is 4.99 Å². The Bertz CT molecular complexity index is 885. The maximum absolute atomic E-state index is 12.2. The average Bonchev–Trinajstić information content (AvgIpc) is 3.09. The molecule has 1 amide bonds. The van der Waals surface area contributed by atoms with Gasteiger partial charge in [0.2, 0.25) is 0 Å². The van der Waals surface area contributed by atoms with Gasteiger partial charge in [-0.05, 0) is 49.6 Å². The van der Waals surface area contributed by atoms with Crippen molar-refractivity contribution in [2.75, 3.05) is 0 Å². The van der Waals surface area contributed by atoms with Crippen LogP contribution in [-0.2, 0) is 6.54 Å². The predicted octanol–water partition coefficient (Wildman–Crippen LogP) is 4.06. The molecule has 0 aliphatic carbocycles. The first-order valence-corrected chi connectivity index (χ1v) is 8.15. The average molecular weight is 314 g/mol. The number of aryl methyl sites for hydroxylation is 3. The van der Waals surface area contributed by atoms with Gasteiger partial charge in [0.1, 0.15) is 0 Å². The number of rotatable bonds is 3. The number of aromatic nitrogens is 1. The molecule has 0 aliphatic heterocycles. The first-order valence-electron chi connectivity index (χ1n) is 7.33. The van der Waals surface area contributed by atoms with Crippen molar-refractivity contribution in [3.63, 3.8) is 0 Å². The molecule has 114 valence electrons. The number of amides is 1. The summed E-state index contributed by atoms with van der Waals surface area (Å²) in [4.78, 5) is 17.2. The van der Waals surface area contributed by atoms with Crippen molar-refractivity contribution in [3.8, 4) is 0 Å². The quantitative estimate of drug-likeness (QED) is 0.732. The summed E-state index contributed by atoms with van der Waals surface area (Å²) in [5, 5.41) is 0. The molecule has 2 heterocycles. The summed E-state index contributed by atoms with van der Waals surface area (Å²) in [6.45, 7) is 7.15. The number of nitrogens with zero attached hydrogens (tertiary/aromatic N) is 2. The Morgan fingerprint density at radius 3 is 2.86 bits per heavy atom.